The first-order valence-corrected chi connectivity index (χ1v) is 22.2. The number of aliphatic hydroxyl groups is 2. The van der Waals surface area contributed by atoms with Crippen molar-refractivity contribution >= 4 is 19.2 Å². The number of aliphatic hydroxyl groups excluding tert-OH is 2. The summed E-state index contributed by atoms with van der Waals surface area (Å²) in [5.41, 5.74) is 4.77. The van der Waals surface area contributed by atoms with E-state index in [9.17, 15) is 34.6 Å². The fourth-order valence-corrected chi connectivity index (χ4v) is 7.75. The van der Waals surface area contributed by atoms with Gasteiger partial charge in [-0.1, -0.05) is 76.9 Å². The third-order valence-corrected chi connectivity index (χ3v) is 11.2. The molecule has 1 aromatic carbocycles. The Morgan fingerprint density at radius 1 is 0.966 bits per heavy atom. The number of fused-ring (bicyclic) bond motifs is 1. The topological polar surface area (TPSA) is 228 Å². The van der Waals surface area contributed by atoms with Crippen molar-refractivity contribution in [1.29, 1.82) is 10.5 Å². The van der Waals surface area contributed by atoms with E-state index in [1.807, 2.05) is 12.1 Å². The number of nitrogens with zero attached hydrogens (tertiary/aromatic N) is 5. The summed E-state index contributed by atoms with van der Waals surface area (Å²) in [5, 5.41) is 45.2. The number of nitriles is 2. The first-order chi connectivity index (χ1) is 28.5. The summed E-state index contributed by atoms with van der Waals surface area (Å²) in [7, 11) is -4.79. The zero-order chi connectivity index (χ0) is 42.5. The number of phosphoric ester groups is 1. The van der Waals surface area contributed by atoms with Gasteiger partial charge in [0.15, 0.2) is 5.82 Å². The van der Waals surface area contributed by atoms with Gasteiger partial charge in [0.1, 0.15) is 42.0 Å². The quantitative estimate of drug-likeness (QED) is 0.0308. The summed E-state index contributed by atoms with van der Waals surface area (Å²) in [5.74, 6) is -1.01. The standard InChI is InChI=1S/C42H60FN6O9P/c1-2-3-4-5-6-7-8-9-10-11-12-13-14-15-16-17-20-54-26-34(27-55-25-33-21-32(24-44)22-35(43)23-33)28-56-59(52,53)57-29-37-39(50)40(51)42(30-45,58-37)38-19-18-36-41(46)47-31-48-49(36)38/h9-10,18-19,21-23,31,34,37,39-40,50-51H,2-8,11-17,20,25-29H2,1H3,(H,52,53)(H2,46,47,48)/b10-9+/t34-,37+,39+,40+,42-/m0/s1. The van der Waals surface area contributed by atoms with E-state index >= 15 is 0 Å². The van der Waals surface area contributed by atoms with Gasteiger partial charge in [-0.25, -0.2) is 18.5 Å². The molecule has 1 fully saturated rings. The predicted molar refractivity (Wildman–Crippen MR) is 218 cm³/mol. The van der Waals surface area contributed by atoms with Crippen molar-refractivity contribution in [2.45, 2.75) is 127 Å². The minimum absolute atomic E-state index is 0.00643. The van der Waals surface area contributed by atoms with Crippen molar-refractivity contribution in [1.82, 2.24) is 14.6 Å². The highest BCUT2D eigenvalue weighted by atomic mass is 31.2. The molecule has 1 saturated heterocycles. The SMILES string of the molecule is CCCCCCCC/C=C/CCCCCCCCOC[C@@H](COCc1cc(F)cc(C#N)c1)COP(=O)(O)OC[C@H]1O[C@@](C#N)(c2ccc3c(N)ncnn23)[C@H](O)[C@@H]1O. The van der Waals surface area contributed by atoms with Crippen LogP contribution in [0, 0.1) is 34.4 Å². The molecule has 2 aromatic heterocycles. The highest BCUT2D eigenvalue weighted by Gasteiger charge is 2.58. The molecule has 15 nitrogen and oxygen atoms in total. The van der Waals surface area contributed by atoms with E-state index in [0.717, 1.165) is 44.5 Å². The Hall–Kier alpha value is -3.80. The summed E-state index contributed by atoms with van der Waals surface area (Å²) < 4.78 is 56.2. The van der Waals surface area contributed by atoms with Gasteiger partial charge in [0.25, 0.3) is 0 Å². The molecule has 3 heterocycles. The van der Waals surface area contributed by atoms with Crippen molar-refractivity contribution in [2.75, 3.05) is 38.8 Å². The molecule has 0 amide bonds. The molecule has 6 atom stereocenters. The molecule has 1 aliphatic heterocycles. The van der Waals surface area contributed by atoms with Crippen LogP contribution in [0.1, 0.15) is 114 Å². The van der Waals surface area contributed by atoms with Crippen LogP contribution >= 0.6 is 7.82 Å². The number of unbranched alkanes of at least 4 members (excludes halogenated alkanes) is 12. The molecule has 1 unspecified atom stereocenters. The van der Waals surface area contributed by atoms with Crippen LogP contribution in [-0.4, -0.2) is 81.1 Å². The number of nitrogens with two attached hydrogens (primary N) is 1. The van der Waals surface area contributed by atoms with Crippen LogP contribution in [0.25, 0.3) is 5.52 Å². The van der Waals surface area contributed by atoms with E-state index in [1.54, 1.807) is 0 Å². The summed E-state index contributed by atoms with van der Waals surface area (Å²) in [6.45, 7) is 1.76. The molecule has 0 saturated carbocycles. The van der Waals surface area contributed by atoms with E-state index < -0.39 is 50.1 Å². The lowest BCUT2D eigenvalue weighted by Gasteiger charge is -2.24. The molecule has 59 heavy (non-hydrogen) atoms. The Bertz CT molecular complexity index is 1890. The summed E-state index contributed by atoms with van der Waals surface area (Å²) >= 11 is 0. The average molecular weight is 843 g/mol. The van der Waals surface area contributed by atoms with Crippen LogP contribution in [0.3, 0.4) is 0 Å². The lowest BCUT2D eigenvalue weighted by Crippen LogP contribution is -2.41. The second-order valence-corrected chi connectivity index (χ2v) is 16.5. The Labute approximate surface area is 346 Å². The van der Waals surface area contributed by atoms with Crippen molar-refractivity contribution in [2.24, 2.45) is 5.92 Å². The number of phosphoric acid groups is 1. The van der Waals surface area contributed by atoms with E-state index in [0.29, 0.717) is 17.7 Å². The molecular formula is C42H60FN6O9P. The van der Waals surface area contributed by atoms with Gasteiger partial charge in [0.2, 0.25) is 5.60 Å². The Kier molecular flexibility index (Phi) is 20.4. The molecule has 324 valence electrons. The van der Waals surface area contributed by atoms with E-state index in [2.05, 4.69) is 29.2 Å². The van der Waals surface area contributed by atoms with Gasteiger partial charge in [-0.15, -0.1) is 0 Å². The largest absolute Gasteiger partial charge is 0.472 e. The number of ether oxygens (including phenoxy) is 3. The van der Waals surface area contributed by atoms with Crippen molar-refractivity contribution in [3.05, 3.63) is 71.4 Å². The highest BCUT2D eigenvalue weighted by molar-refractivity contribution is 7.47. The van der Waals surface area contributed by atoms with E-state index in [4.69, 9.17) is 29.0 Å². The number of anilines is 1. The van der Waals surface area contributed by atoms with Gasteiger partial charge in [0, 0.05) is 12.5 Å². The molecule has 5 N–H and O–H groups in total. The van der Waals surface area contributed by atoms with E-state index in [1.165, 1.54) is 86.6 Å². The van der Waals surface area contributed by atoms with Crippen LogP contribution in [-0.2, 0) is 40.0 Å². The number of aromatic nitrogens is 3. The third-order valence-electron chi connectivity index (χ3n) is 10.2. The summed E-state index contributed by atoms with van der Waals surface area (Å²) in [6, 6.07) is 10.7. The van der Waals surface area contributed by atoms with Gasteiger partial charge in [0.05, 0.1) is 50.4 Å². The number of halogens is 1. The second-order valence-electron chi connectivity index (χ2n) is 15.0. The Balaban J connectivity index is 1.21. The molecule has 4 rings (SSSR count). The summed E-state index contributed by atoms with van der Waals surface area (Å²) in [6.07, 6.45) is 17.6. The smallest absolute Gasteiger partial charge is 0.387 e. The fourth-order valence-electron chi connectivity index (χ4n) is 6.94. The molecule has 0 bridgehead atoms. The molecule has 0 radical (unpaired) electrons. The lowest BCUT2D eigenvalue weighted by molar-refractivity contribution is -0.0651. The van der Waals surface area contributed by atoms with Gasteiger partial charge in [-0.3, -0.25) is 9.05 Å². The van der Waals surface area contributed by atoms with Crippen LogP contribution < -0.4 is 5.73 Å². The number of hydrogen-bond acceptors (Lipinski definition) is 13. The minimum atomic E-state index is -4.79. The number of allylic oxidation sites excluding steroid dienone is 2. The molecule has 0 spiro atoms. The van der Waals surface area contributed by atoms with Crippen molar-refractivity contribution in [3.8, 4) is 12.1 Å². The maximum atomic E-state index is 14.0. The number of hydrogen-bond donors (Lipinski definition) is 4. The molecule has 0 aliphatic carbocycles. The normalized spacial score (nSPS) is 20.8. The Morgan fingerprint density at radius 3 is 2.34 bits per heavy atom. The van der Waals surface area contributed by atoms with Crippen molar-refractivity contribution in [3.63, 3.8) is 0 Å². The van der Waals surface area contributed by atoms with Gasteiger partial charge in [-0.05, 0) is 68.0 Å². The van der Waals surface area contributed by atoms with Crippen molar-refractivity contribution < 1.29 is 47.3 Å². The average Bonchev–Trinajstić information content (AvgIpc) is 3.77. The van der Waals surface area contributed by atoms with E-state index in [-0.39, 0.29) is 43.5 Å². The minimum Gasteiger partial charge on any atom is -0.387 e. The zero-order valence-corrected chi connectivity index (χ0v) is 34.9. The number of benzene rings is 1. The lowest BCUT2D eigenvalue weighted by atomic mass is 9.92. The molecule has 3 aromatic rings. The number of rotatable bonds is 29. The molecular weight excluding hydrogens is 782 g/mol. The molecule has 1 aliphatic rings. The second kappa shape index (κ2) is 25.1. The van der Waals surface area contributed by atoms with Crippen LogP contribution in [0.4, 0.5) is 10.2 Å². The molecule has 17 heteroatoms. The monoisotopic (exact) mass is 842 g/mol. The maximum Gasteiger partial charge on any atom is 0.472 e. The maximum absolute atomic E-state index is 14.0. The number of nitrogen functional groups attached to an aromatic ring is 1. The van der Waals surface area contributed by atoms with Crippen LogP contribution in [0.2, 0.25) is 0 Å². The highest BCUT2D eigenvalue weighted by Crippen LogP contribution is 2.46. The summed E-state index contributed by atoms with van der Waals surface area (Å²) in [4.78, 5) is 14.5. The van der Waals surface area contributed by atoms with Gasteiger partial charge < -0.3 is 35.1 Å². The van der Waals surface area contributed by atoms with Gasteiger partial charge in [-0.2, -0.15) is 15.6 Å². The fraction of sp³-hybridized carbons (Fsp3) is 0.619. The van der Waals surface area contributed by atoms with Gasteiger partial charge >= 0.3 is 7.82 Å². The van der Waals surface area contributed by atoms with Crippen LogP contribution in [0.5, 0.6) is 0 Å². The Morgan fingerprint density at radius 2 is 1.64 bits per heavy atom. The predicted octanol–water partition coefficient (Wildman–Crippen LogP) is 7.18. The first kappa shape index (κ1) is 47.9. The first-order valence-electron chi connectivity index (χ1n) is 20.7. The zero-order valence-electron chi connectivity index (χ0n) is 34.0. The van der Waals surface area contributed by atoms with Crippen LogP contribution in [0.15, 0.2) is 48.8 Å². The third kappa shape index (κ3) is 15.0.